The van der Waals surface area contributed by atoms with Crippen molar-refractivity contribution >= 4 is 34.5 Å². The molecule has 90 valence electrons. The van der Waals surface area contributed by atoms with Gasteiger partial charge in [0.1, 0.15) is 5.52 Å². The van der Waals surface area contributed by atoms with Crippen LogP contribution in [0.15, 0.2) is 6.33 Å². The summed E-state index contributed by atoms with van der Waals surface area (Å²) in [4.78, 5) is 27.9. The predicted molar refractivity (Wildman–Crippen MR) is 64.0 cm³/mol. The zero-order valence-corrected chi connectivity index (χ0v) is 10.1. The summed E-state index contributed by atoms with van der Waals surface area (Å²) in [5.41, 5.74) is 1.13. The second-order valence-electron chi connectivity index (χ2n) is 3.45. The molecule has 0 spiro atoms. The molecule has 0 bridgehead atoms. The van der Waals surface area contributed by atoms with Crippen molar-refractivity contribution in [3.8, 4) is 0 Å². The first-order valence-corrected chi connectivity index (χ1v) is 5.28. The van der Waals surface area contributed by atoms with Gasteiger partial charge in [0.05, 0.1) is 12.9 Å². The molecule has 2 rings (SSSR count). The van der Waals surface area contributed by atoms with E-state index in [-0.39, 0.29) is 17.7 Å². The Kier molecular flexibility index (Phi) is 3.10. The van der Waals surface area contributed by atoms with E-state index in [0.29, 0.717) is 17.0 Å². The Morgan fingerprint density at radius 3 is 3.06 bits per heavy atom. The third kappa shape index (κ3) is 2.28. The van der Waals surface area contributed by atoms with E-state index < -0.39 is 0 Å². The summed E-state index contributed by atoms with van der Waals surface area (Å²) in [7, 11) is 3.32. The van der Waals surface area contributed by atoms with Crippen molar-refractivity contribution in [2.24, 2.45) is 0 Å². The molecule has 2 heterocycles. The Hall–Kier alpha value is -1.89. The molecule has 0 radical (unpaired) electrons. The monoisotopic (exact) mass is 254 g/mol. The van der Waals surface area contributed by atoms with Crippen LogP contribution in [0.1, 0.15) is 0 Å². The number of carbonyl (C=O) groups is 1. The topological polar surface area (TPSA) is 86.8 Å². The maximum Gasteiger partial charge on any atom is 0.239 e. The van der Waals surface area contributed by atoms with Crippen molar-refractivity contribution in [1.82, 2.24) is 25.3 Å². The van der Waals surface area contributed by atoms with Crippen molar-refractivity contribution < 1.29 is 4.79 Å². The van der Waals surface area contributed by atoms with Crippen LogP contribution in [-0.2, 0) is 4.79 Å². The average molecular weight is 255 g/mol. The Labute approximate surface area is 102 Å². The number of imidazole rings is 1. The van der Waals surface area contributed by atoms with Gasteiger partial charge in [-0.05, 0) is 11.6 Å². The van der Waals surface area contributed by atoms with E-state index in [1.807, 2.05) is 0 Å². The molecule has 2 aromatic heterocycles. The van der Waals surface area contributed by atoms with E-state index in [2.05, 4.69) is 25.3 Å². The highest BCUT2D eigenvalue weighted by molar-refractivity contribution is 6.28. The van der Waals surface area contributed by atoms with Crippen LogP contribution >= 0.6 is 11.6 Å². The van der Waals surface area contributed by atoms with Crippen LogP contribution in [0.5, 0.6) is 0 Å². The lowest BCUT2D eigenvalue weighted by molar-refractivity contribution is -0.119. The fourth-order valence-corrected chi connectivity index (χ4v) is 1.60. The molecule has 0 unspecified atom stereocenters. The zero-order chi connectivity index (χ0) is 12.4. The zero-order valence-electron chi connectivity index (χ0n) is 9.36. The van der Waals surface area contributed by atoms with Gasteiger partial charge in [0, 0.05) is 14.1 Å². The highest BCUT2D eigenvalue weighted by atomic mass is 35.5. The van der Waals surface area contributed by atoms with Gasteiger partial charge in [0.2, 0.25) is 11.2 Å². The van der Waals surface area contributed by atoms with E-state index in [4.69, 9.17) is 11.6 Å². The summed E-state index contributed by atoms with van der Waals surface area (Å²) in [5.74, 6) is 0.427. The summed E-state index contributed by atoms with van der Waals surface area (Å²) in [6.45, 7) is 0.179. The summed E-state index contributed by atoms with van der Waals surface area (Å²) in [6.07, 6.45) is 1.51. The number of likely N-dealkylation sites (N-methyl/N-ethyl adjacent to an activating group) is 2. The van der Waals surface area contributed by atoms with Crippen molar-refractivity contribution in [1.29, 1.82) is 0 Å². The minimum absolute atomic E-state index is 0.100. The molecule has 0 atom stereocenters. The Balaban J connectivity index is 2.39. The Morgan fingerprint density at radius 1 is 1.59 bits per heavy atom. The quantitative estimate of drug-likeness (QED) is 0.764. The lowest BCUT2D eigenvalue weighted by Crippen LogP contribution is -2.33. The van der Waals surface area contributed by atoms with Gasteiger partial charge in [-0.25, -0.2) is 4.98 Å². The van der Waals surface area contributed by atoms with Crippen molar-refractivity contribution in [2.45, 2.75) is 0 Å². The van der Waals surface area contributed by atoms with Gasteiger partial charge in [0.25, 0.3) is 0 Å². The molecule has 0 aliphatic carbocycles. The third-order valence-electron chi connectivity index (χ3n) is 2.26. The van der Waals surface area contributed by atoms with Crippen molar-refractivity contribution in [3.05, 3.63) is 11.6 Å². The number of hydrogen-bond acceptors (Lipinski definition) is 5. The number of fused-ring (bicyclic) bond motifs is 1. The Bertz CT molecular complexity index is 553. The van der Waals surface area contributed by atoms with Crippen LogP contribution in [0.3, 0.4) is 0 Å². The number of nitrogens with one attached hydrogen (secondary N) is 2. The highest BCUT2D eigenvalue weighted by Crippen LogP contribution is 2.21. The number of nitrogens with zero attached hydrogens (tertiary/aromatic N) is 4. The van der Waals surface area contributed by atoms with Gasteiger partial charge in [-0.2, -0.15) is 9.97 Å². The third-order valence-corrected chi connectivity index (χ3v) is 2.43. The van der Waals surface area contributed by atoms with Crippen LogP contribution in [-0.4, -0.2) is 46.5 Å². The second kappa shape index (κ2) is 4.54. The summed E-state index contributed by atoms with van der Waals surface area (Å²) in [5, 5.41) is 2.64. The maximum atomic E-state index is 11.3. The molecule has 17 heavy (non-hydrogen) atoms. The summed E-state index contributed by atoms with van der Waals surface area (Å²) < 4.78 is 0. The number of aromatic nitrogens is 4. The van der Waals surface area contributed by atoms with Gasteiger partial charge in [-0.1, -0.05) is 0 Å². The van der Waals surface area contributed by atoms with Crippen LogP contribution < -0.4 is 10.2 Å². The molecular weight excluding hydrogens is 244 g/mol. The molecule has 8 heteroatoms. The number of hydrogen-bond donors (Lipinski definition) is 2. The molecule has 0 saturated heterocycles. The number of rotatable bonds is 3. The molecule has 0 fully saturated rings. The van der Waals surface area contributed by atoms with Crippen molar-refractivity contribution in [3.63, 3.8) is 0 Å². The number of halogens is 1. The fraction of sp³-hybridized carbons (Fsp3) is 0.333. The SMILES string of the molecule is CNC(=O)CN(C)c1nc(Cl)nc2nc[nH]c12. The van der Waals surface area contributed by atoms with Crippen LogP contribution in [0.25, 0.3) is 11.2 Å². The maximum absolute atomic E-state index is 11.3. The predicted octanol–water partition coefficient (Wildman–Crippen LogP) is 0.188. The molecule has 1 amide bonds. The minimum Gasteiger partial charge on any atom is -0.358 e. The molecule has 7 nitrogen and oxygen atoms in total. The van der Waals surface area contributed by atoms with Gasteiger partial charge in [-0.3, -0.25) is 4.79 Å². The van der Waals surface area contributed by atoms with E-state index in [9.17, 15) is 4.79 Å². The van der Waals surface area contributed by atoms with Crippen LogP contribution in [0, 0.1) is 0 Å². The molecule has 0 saturated carbocycles. The van der Waals surface area contributed by atoms with Gasteiger partial charge >= 0.3 is 0 Å². The lowest BCUT2D eigenvalue weighted by atomic mass is 10.4. The van der Waals surface area contributed by atoms with Crippen LogP contribution in [0.2, 0.25) is 5.28 Å². The highest BCUT2D eigenvalue weighted by Gasteiger charge is 2.14. The smallest absolute Gasteiger partial charge is 0.239 e. The standard InChI is InChI=1S/C9H11ClN6O/c1-11-5(17)3-16(2)8-6-7(13-4-12-6)14-9(10)15-8/h4H,3H2,1-2H3,(H,11,17)(H,12,13,14,15). The number of anilines is 1. The average Bonchev–Trinajstić information content (AvgIpc) is 2.75. The number of H-pyrrole nitrogens is 1. The second-order valence-corrected chi connectivity index (χ2v) is 3.78. The minimum atomic E-state index is -0.116. The molecule has 0 aliphatic heterocycles. The number of carbonyl (C=O) groups excluding carboxylic acids is 1. The number of aromatic amines is 1. The first-order valence-electron chi connectivity index (χ1n) is 4.90. The van der Waals surface area contributed by atoms with Gasteiger partial charge < -0.3 is 15.2 Å². The summed E-state index contributed by atoms with van der Waals surface area (Å²) in [6, 6.07) is 0. The fourth-order valence-electron chi connectivity index (χ4n) is 1.44. The van der Waals surface area contributed by atoms with Crippen LogP contribution in [0.4, 0.5) is 5.82 Å². The van der Waals surface area contributed by atoms with Crippen molar-refractivity contribution in [2.75, 3.05) is 25.5 Å². The number of amides is 1. The molecule has 2 N–H and O–H groups in total. The first-order chi connectivity index (χ1) is 8.11. The Morgan fingerprint density at radius 2 is 2.35 bits per heavy atom. The lowest BCUT2D eigenvalue weighted by Gasteiger charge is -2.17. The van der Waals surface area contributed by atoms with Gasteiger partial charge in [-0.15, -0.1) is 0 Å². The molecule has 0 aliphatic rings. The first kappa shape index (κ1) is 11.6. The van der Waals surface area contributed by atoms with E-state index in [1.165, 1.54) is 6.33 Å². The largest absolute Gasteiger partial charge is 0.358 e. The molecular formula is C9H11ClN6O. The van der Waals surface area contributed by atoms with Gasteiger partial charge in [0.15, 0.2) is 11.5 Å². The summed E-state index contributed by atoms with van der Waals surface area (Å²) >= 11 is 5.79. The van der Waals surface area contributed by atoms with E-state index >= 15 is 0 Å². The molecule has 2 aromatic rings. The van der Waals surface area contributed by atoms with E-state index in [0.717, 1.165) is 0 Å². The van der Waals surface area contributed by atoms with E-state index in [1.54, 1.807) is 19.0 Å². The molecule has 0 aromatic carbocycles. The normalized spacial score (nSPS) is 10.5.